The number of fused-ring (bicyclic) bond motifs is 2. The number of nitrogens with zero attached hydrogens (tertiary/aromatic N) is 1. The van der Waals surface area contributed by atoms with Crippen LogP contribution in [-0.4, -0.2) is 45.5 Å². The number of rotatable bonds is 4. The number of benzene rings is 2. The molecule has 0 saturated carbocycles. The number of hydrogen-bond acceptors (Lipinski definition) is 7. The normalized spacial score (nSPS) is 14.3. The van der Waals surface area contributed by atoms with Crippen molar-refractivity contribution in [2.24, 2.45) is 0 Å². The number of methoxy groups -OCH3 is 2. The molecule has 0 bridgehead atoms. The van der Waals surface area contributed by atoms with Crippen LogP contribution in [0.1, 0.15) is 27.0 Å². The van der Waals surface area contributed by atoms with Gasteiger partial charge in [-0.05, 0) is 47.9 Å². The number of carboxylic acid groups (broad SMARTS) is 1. The summed E-state index contributed by atoms with van der Waals surface area (Å²) in [6.45, 7) is 0.915. The minimum Gasteiger partial charge on any atom is -0.545 e. The molecule has 0 unspecified atom stereocenters. The molecule has 0 aliphatic carbocycles. The van der Waals surface area contributed by atoms with Gasteiger partial charge in [0.1, 0.15) is 0 Å². The first-order valence-corrected chi connectivity index (χ1v) is 8.85. The van der Waals surface area contributed by atoms with E-state index in [1.54, 1.807) is 12.1 Å². The van der Waals surface area contributed by atoms with E-state index in [0.717, 1.165) is 29.0 Å². The minimum atomic E-state index is -1.32. The predicted molar refractivity (Wildman–Crippen MR) is 101 cm³/mol. The van der Waals surface area contributed by atoms with Gasteiger partial charge in [0.05, 0.1) is 25.8 Å². The van der Waals surface area contributed by atoms with Gasteiger partial charge >= 0.3 is 29.6 Å². The standard InChI is InChI=1S/C21H21NO6.Na/c1-22-7-6-12-9-17-18(28-11-27-17)10-13(12)8-15(22)14-4-5-16(25-2)20(26-3)19(14)21(23)24;/h4-5,8-10H,6-7,11H2,1-3H3,(H,23,24);/q;+1/p-1. The smallest absolute Gasteiger partial charge is 0.545 e. The van der Waals surface area contributed by atoms with Crippen LogP contribution in [0.5, 0.6) is 23.0 Å². The zero-order chi connectivity index (χ0) is 19.8. The van der Waals surface area contributed by atoms with Crippen LogP contribution in [-0.2, 0) is 6.42 Å². The topological polar surface area (TPSA) is 80.3 Å². The summed E-state index contributed by atoms with van der Waals surface area (Å²) in [5, 5.41) is 12.0. The fourth-order valence-electron chi connectivity index (χ4n) is 3.64. The molecule has 2 aromatic carbocycles. The van der Waals surface area contributed by atoms with E-state index >= 15 is 0 Å². The van der Waals surface area contributed by atoms with Gasteiger partial charge in [0.15, 0.2) is 23.0 Å². The van der Waals surface area contributed by atoms with Gasteiger partial charge in [-0.25, -0.2) is 0 Å². The van der Waals surface area contributed by atoms with Crippen LogP contribution >= 0.6 is 0 Å². The molecule has 4 rings (SSSR count). The van der Waals surface area contributed by atoms with Crippen molar-refractivity contribution in [1.82, 2.24) is 4.90 Å². The fraction of sp³-hybridized carbons (Fsp3) is 0.286. The van der Waals surface area contributed by atoms with E-state index in [-0.39, 0.29) is 47.7 Å². The van der Waals surface area contributed by atoms with Crippen molar-refractivity contribution in [2.75, 3.05) is 34.6 Å². The molecule has 7 nitrogen and oxygen atoms in total. The van der Waals surface area contributed by atoms with Crippen LogP contribution in [0, 0.1) is 0 Å². The number of carbonyl (C=O) groups is 1. The molecule has 2 aliphatic rings. The van der Waals surface area contributed by atoms with E-state index < -0.39 is 5.97 Å². The molecule has 8 heteroatoms. The third kappa shape index (κ3) is 3.77. The average molecular weight is 405 g/mol. The van der Waals surface area contributed by atoms with Gasteiger partial charge in [0.25, 0.3) is 0 Å². The zero-order valence-corrected chi connectivity index (χ0v) is 18.9. The monoisotopic (exact) mass is 405 g/mol. The summed E-state index contributed by atoms with van der Waals surface area (Å²) in [6.07, 6.45) is 2.74. The molecular formula is C21H20NNaO6. The molecular weight excluding hydrogens is 385 g/mol. The molecule has 146 valence electrons. The first kappa shape index (κ1) is 21.4. The van der Waals surface area contributed by atoms with Gasteiger partial charge in [0.2, 0.25) is 6.79 Å². The summed E-state index contributed by atoms with van der Waals surface area (Å²) in [7, 11) is 4.80. The fourth-order valence-corrected chi connectivity index (χ4v) is 3.64. The average Bonchev–Trinajstić information content (AvgIpc) is 3.09. The molecule has 29 heavy (non-hydrogen) atoms. The molecule has 2 heterocycles. The van der Waals surface area contributed by atoms with Crippen molar-refractivity contribution in [3.63, 3.8) is 0 Å². The number of aromatic carboxylic acids is 1. The number of likely N-dealkylation sites (N-methyl/N-ethyl adjacent to an activating group) is 1. The second kappa shape index (κ2) is 8.57. The molecule has 0 N–H and O–H groups in total. The Morgan fingerprint density at radius 2 is 1.86 bits per heavy atom. The summed E-state index contributed by atoms with van der Waals surface area (Å²) in [6, 6.07) is 7.32. The van der Waals surface area contributed by atoms with E-state index in [1.807, 2.05) is 30.2 Å². The van der Waals surface area contributed by atoms with E-state index in [1.165, 1.54) is 14.2 Å². The van der Waals surface area contributed by atoms with Crippen LogP contribution in [0.2, 0.25) is 0 Å². The van der Waals surface area contributed by atoms with Crippen molar-refractivity contribution >= 4 is 17.7 Å². The third-order valence-corrected chi connectivity index (χ3v) is 5.08. The van der Waals surface area contributed by atoms with E-state index in [2.05, 4.69) is 0 Å². The first-order valence-electron chi connectivity index (χ1n) is 8.85. The molecule has 0 aromatic heterocycles. The van der Waals surface area contributed by atoms with Crippen LogP contribution in [0.3, 0.4) is 0 Å². The number of carboxylic acids is 1. The Kier molecular flexibility index (Phi) is 6.31. The molecule has 0 fully saturated rings. The maximum Gasteiger partial charge on any atom is 1.00 e. The third-order valence-electron chi connectivity index (χ3n) is 5.08. The van der Waals surface area contributed by atoms with Crippen LogP contribution < -0.4 is 53.6 Å². The Morgan fingerprint density at radius 3 is 2.52 bits per heavy atom. The molecule has 0 spiro atoms. The van der Waals surface area contributed by atoms with Gasteiger partial charge in [0, 0.05) is 24.9 Å². The van der Waals surface area contributed by atoms with Crippen molar-refractivity contribution < 1.29 is 58.4 Å². The van der Waals surface area contributed by atoms with Crippen molar-refractivity contribution in [2.45, 2.75) is 6.42 Å². The summed E-state index contributed by atoms with van der Waals surface area (Å²) in [4.78, 5) is 14.0. The second-order valence-corrected chi connectivity index (χ2v) is 6.62. The van der Waals surface area contributed by atoms with Crippen molar-refractivity contribution in [1.29, 1.82) is 0 Å². The maximum atomic E-state index is 12.0. The molecule has 2 aliphatic heterocycles. The van der Waals surface area contributed by atoms with Crippen molar-refractivity contribution in [3.05, 3.63) is 46.5 Å². The van der Waals surface area contributed by atoms with Gasteiger partial charge in [-0.1, -0.05) is 0 Å². The minimum absolute atomic E-state index is 0. The quantitative estimate of drug-likeness (QED) is 0.591. The van der Waals surface area contributed by atoms with E-state index in [4.69, 9.17) is 18.9 Å². The Labute approximate surface area is 191 Å². The second-order valence-electron chi connectivity index (χ2n) is 6.62. The molecule has 0 atom stereocenters. The van der Waals surface area contributed by atoms with Crippen molar-refractivity contribution in [3.8, 4) is 23.0 Å². The summed E-state index contributed by atoms with van der Waals surface area (Å²) in [5.41, 5.74) is 3.29. The number of ether oxygens (including phenoxy) is 4. The largest absolute Gasteiger partial charge is 1.00 e. The Morgan fingerprint density at radius 1 is 1.14 bits per heavy atom. The first-order chi connectivity index (χ1) is 13.5. The molecule has 2 aromatic rings. The molecule has 0 saturated heterocycles. The van der Waals surface area contributed by atoms with E-state index in [0.29, 0.717) is 23.6 Å². The summed E-state index contributed by atoms with van der Waals surface area (Å²) in [5.74, 6) is 0.580. The van der Waals surface area contributed by atoms with E-state index in [9.17, 15) is 9.90 Å². The summed E-state index contributed by atoms with van der Waals surface area (Å²) < 4.78 is 21.5. The molecule has 0 radical (unpaired) electrons. The number of carbonyl (C=O) groups excluding carboxylic acids is 1. The maximum absolute atomic E-state index is 12.0. The SMILES string of the molecule is COc1ccc(C2=Cc3cc4c(cc3CCN2C)OCO4)c(C(=O)[O-])c1OC.[Na+]. The Hall–Kier alpha value is -2.35. The molecule has 0 amide bonds. The van der Waals surface area contributed by atoms with Crippen LogP contribution in [0.25, 0.3) is 11.8 Å². The Bertz CT molecular complexity index is 988. The van der Waals surface area contributed by atoms with Gasteiger partial charge in [-0.15, -0.1) is 0 Å². The van der Waals surface area contributed by atoms with Gasteiger partial charge < -0.3 is 33.7 Å². The zero-order valence-electron chi connectivity index (χ0n) is 16.9. The van der Waals surface area contributed by atoms with Gasteiger partial charge in [-0.3, -0.25) is 0 Å². The predicted octanol–water partition coefficient (Wildman–Crippen LogP) is -1.21. The van der Waals surface area contributed by atoms with Crippen LogP contribution in [0.15, 0.2) is 24.3 Å². The van der Waals surface area contributed by atoms with Crippen LogP contribution in [0.4, 0.5) is 0 Å². The number of hydrogen-bond donors (Lipinski definition) is 0. The summed E-state index contributed by atoms with van der Waals surface area (Å²) >= 11 is 0. The Balaban J connectivity index is 0.00000240. The van der Waals surface area contributed by atoms with Gasteiger partial charge in [-0.2, -0.15) is 0 Å².